The van der Waals surface area contributed by atoms with E-state index >= 15 is 0 Å². The smallest absolute Gasteiger partial charge is 0.271 e. The molecule has 0 saturated carbocycles. The summed E-state index contributed by atoms with van der Waals surface area (Å²) in [5.74, 6) is -0.419. The number of rotatable bonds is 8. The van der Waals surface area contributed by atoms with E-state index < -0.39 is 11.5 Å². The maximum absolute atomic E-state index is 12.0. The summed E-state index contributed by atoms with van der Waals surface area (Å²) in [5.41, 5.74) is -1.13. The Morgan fingerprint density at radius 1 is 1.52 bits per heavy atom. The number of aryl methyl sites for hydroxylation is 1. The molecule has 1 aromatic heterocycles. The molecule has 2 N–H and O–H groups in total. The van der Waals surface area contributed by atoms with Gasteiger partial charge in [-0.25, -0.2) is 4.68 Å². The van der Waals surface area contributed by atoms with Crippen LogP contribution in [0.25, 0.3) is 0 Å². The average Bonchev–Trinajstić information content (AvgIpc) is 2.45. The van der Waals surface area contributed by atoms with Crippen molar-refractivity contribution in [3.05, 3.63) is 28.2 Å². The molecule has 0 bridgehead atoms. The zero-order valence-corrected chi connectivity index (χ0v) is 12.8. The Hall–Kier alpha value is -1.73. The predicted octanol–water partition coefficient (Wildman–Crippen LogP) is 0.171. The van der Waals surface area contributed by atoms with Crippen LogP contribution >= 0.6 is 0 Å². The lowest BCUT2D eigenvalue weighted by molar-refractivity contribution is 0.0243. The molecule has 1 unspecified atom stereocenters. The van der Waals surface area contributed by atoms with Crippen LogP contribution < -0.4 is 10.9 Å². The molecule has 7 nitrogen and oxygen atoms in total. The Balaban J connectivity index is 2.67. The van der Waals surface area contributed by atoms with Gasteiger partial charge in [0.2, 0.25) is 0 Å². The van der Waals surface area contributed by atoms with Gasteiger partial charge in [-0.15, -0.1) is 0 Å². The van der Waals surface area contributed by atoms with Crippen LogP contribution in [0.5, 0.6) is 0 Å². The van der Waals surface area contributed by atoms with Gasteiger partial charge in [-0.1, -0.05) is 6.92 Å². The highest BCUT2D eigenvalue weighted by Crippen LogP contribution is 2.07. The van der Waals surface area contributed by atoms with Crippen molar-refractivity contribution in [2.45, 2.75) is 38.8 Å². The van der Waals surface area contributed by atoms with E-state index in [-0.39, 0.29) is 17.8 Å². The van der Waals surface area contributed by atoms with Gasteiger partial charge in [0.15, 0.2) is 0 Å². The van der Waals surface area contributed by atoms with Crippen LogP contribution in [0, 0.1) is 0 Å². The molecule has 0 aromatic carbocycles. The summed E-state index contributed by atoms with van der Waals surface area (Å²) in [7, 11) is 1.55. The Morgan fingerprint density at radius 3 is 2.86 bits per heavy atom. The van der Waals surface area contributed by atoms with Crippen molar-refractivity contribution in [3.63, 3.8) is 0 Å². The number of carbonyl (C=O) groups is 1. The second-order valence-corrected chi connectivity index (χ2v) is 5.20. The summed E-state index contributed by atoms with van der Waals surface area (Å²) in [4.78, 5) is 23.5. The standard InChI is InChI=1S/C14H23N3O4/c1-4-8-17-12(18)6-5-11(16-17)13(19)15-10-14(2,20)7-9-21-3/h5-6,20H,4,7-10H2,1-3H3,(H,15,19). The Labute approximate surface area is 123 Å². The van der Waals surface area contributed by atoms with Crippen LogP contribution in [0.1, 0.15) is 37.2 Å². The van der Waals surface area contributed by atoms with Crippen LogP contribution in [-0.4, -0.2) is 46.7 Å². The Bertz CT molecular complexity index is 525. The number of carbonyl (C=O) groups excluding carboxylic acids is 1. The normalized spacial score (nSPS) is 13.7. The first-order valence-electron chi connectivity index (χ1n) is 6.97. The number of aromatic nitrogens is 2. The first-order chi connectivity index (χ1) is 9.89. The van der Waals surface area contributed by atoms with Crippen molar-refractivity contribution in [2.75, 3.05) is 20.3 Å². The van der Waals surface area contributed by atoms with E-state index in [4.69, 9.17) is 4.74 Å². The van der Waals surface area contributed by atoms with Crippen molar-refractivity contribution in [1.82, 2.24) is 15.1 Å². The fourth-order valence-corrected chi connectivity index (χ4v) is 1.71. The highest BCUT2D eigenvalue weighted by molar-refractivity contribution is 5.92. The number of nitrogens with zero attached hydrogens (tertiary/aromatic N) is 2. The first-order valence-corrected chi connectivity index (χ1v) is 6.97. The van der Waals surface area contributed by atoms with Gasteiger partial charge < -0.3 is 15.2 Å². The maximum atomic E-state index is 12.0. The lowest BCUT2D eigenvalue weighted by atomic mass is 10.0. The molecule has 0 spiro atoms. The molecule has 0 aliphatic rings. The van der Waals surface area contributed by atoms with E-state index in [2.05, 4.69) is 10.4 Å². The number of ether oxygens (including phenoxy) is 1. The molecule has 1 aromatic rings. The third-order valence-corrected chi connectivity index (χ3v) is 3.01. The third-order valence-electron chi connectivity index (χ3n) is 3.01. The number of amides is 1. The molecule has 1 rings (SSSR count). The van der Waals surface area contributed by atoms with Gasteiger partial charge >= 0.3 is 0 Å². The Morgan fingerprint density at radius 2 is 2.24 bits per heavy atom. The SMILES string of the molecule is CCCn1nc(C(=O)NCC(C)(O)CCOC)ccc1=O. The van der Waals surface area contributed by atoms with Gasteiger partial charge in [0, 0.05) is 39.3 Å². The summed E-state index contributed by atoms with van der Waals surface area (Å²) in [6.45, 7) is 4.50. The van der Waals surface area contributed by atoms with Gasteiger partial charge in [0.25, 0.3) is 11.5 Å². The minimum Gasteiger partial charge on any atom is -0.388 e. The van der Waals surface area contributed by atoms with E-state index in [0.717, 1.165) is 6.42 Å². The third kappa shape index (κ3) is 5.65. The highest BCUT2D eigenvalue weighted by Gasteiger charge is 2.21. The maximum Gasteiger partial charge on any atom is 0.271 e. The number of aliphatic hydroxyl groups is 1. The average molecular weight is 297 g/mol. The summed E-state index contributed by atoms with van der Waals surface area (Å²) >= 11 is 0. The van der Waals surface area contributed by atoms with Crippen molar-refractivity contribution < 1.29 is 14.6 Å². The zero-order valence-electron chi connectivity index (χ0n) is 12.8. The van der Waals surface area contributed by atoms with Crippen LogP contribution in [-0.2, 0) is 11.3 Å². The van der Waals surface area contributed by atoms with E-state index in [9.17, 15) is 14.7 Å². The molecule has 0 fully saturated rings. The van der Waals surface area contributed by atoms with Crippen molar-refractivity contribution in [2.24, 2.45) is 0 Å². The number of hydrogen-bond donors (Lipinski definition) is 2. The second-order valence-electron chi connectivity index (χ2n) is 5.20. The van der Waals surface area contributed by atoms with Crippen molar-refractivity contribution >= 4 is 5.91 Å². The van der Waals surface area contributed by atoms with Gasteiger partial charge in [-0.05, 0) is 19.4 Å². The number of hydrogen-bond acceptors (Lipinski definition) is 5. The largest absolute Gasteiger partial charge is 0.388 e. The summed E-state index contributed by atoms with van der Waals surface area (Å²) < 4.78 is 6.16. The van der Waals surface area contributed by atoms with E-state index in [1.54, 1.807) is 14.0 Å². The molecule has 21 heavy (non-hydrogen) atoms. The molecule has 1 atom stereocenters. The van der Waals surface area contributed by atoms with Gasteiger partial charge in [-0.3, -0.25) is 9.59 Å². The Kier molecular flexibility index (Phi) is 6.51. The summed E-state index contributed by atoms with van der Waals surface area (Å²) in [6.07, 6.45) is 1.16. The van der Waals surface area contributed by atoms with Crippen LogP contribution in [0.3, 0.4) is 0 Å². The molecule has 0 radical (unpaired) electrons. The van der Waals surface area contributed by atoms with E-state index in [1.165, 1.54) is 16.8 Å². The molecular formula is C14H23N3O4. The van der Waals surface area contributed by atoms with Crippen LogP contribution in [0.2, 0.25) is 0 Å². The molecular weight excluding hydrogens is 274 g/mol. The number of methoxy groups -OCH3 is 1. The second kappa shape index (κ2) is 7.90. The fourth-order valence-electron chi connectivity index (χ4n) is 1.71. The fraction of sp³-hybridized carbons (Fsp3) is 0.643. The summed E-state index contributed by atoms with van der Waals surface area (Å²) in [5, 5.41) is 16.7. The number of nitrogens with one attached hydrogen (secondary N) is 1. The minimum atomic E-state index is -1.05. The van der Waals surface area contributed by atoms with Crippen LogP contribution in [0.4, 0.5) is 0 Å². The van der Waals surface area contributed by atoms with E-state index in [1.807, 2.05) is 6.92 Å². The molecule has 118 valence electrons. The molecule has 0 aliphatic heterocycles. The topological polar surface area (TPSA) is 93.5 Å². The van der Waals surface area contributed by atoms with Crippen LogP contribution in [0.15, 0.2) is 16.9 Å². The first kappa shape index (κ1) is 17.3. The van der Waals surface area contributed by atoms with E-state index in [0.29, 0.717) is 19.6 Å². The molecule has 0 aliphatic carbocycles. The quantitative estimate of drug-likeness (QED) is 0.713. The highest BCUT2D eigenvalue weighted by atomic mass is 16.5. The molecule has 7 heteroatoms. The zero-order chi connectivity index (χ0) is 15.9. The molecule has 1 heterocycles. The lowest BCUT2D eigenvalue weighted by Gasteiger charge is -2.23. The predicted molar refractivity (Wildman–Crippen MR) is 78.2 cm³/mol. The lowest BCUT2D eigenvalue weighted by Crippen LogP contribution is -2.42. The van der Waals surface area contributed by atoms with Gasteiger partial charge in [0.05, 0.1) is 5.60 Å². The van der Waals surface area contributed by atoms with Gasteiger partial charge in [0.1, 0.15) is 5.69 Å². The molecule has 0 saturated heterocycles. The van der Waals surface area contributed by atoms with Crippen molar-refractivity contribution in [3.8, 4) is 0 Å². The molecule has 1 amide bonds. The monoisotopic (exact) mass is 297 g/mol. The minimum absolute atomic E-state index is 0.0871. The van der Waals surface area contributed by atoms with Gasteiger partial charge in [-0.2, -0.15) is 5.10 Å². The summed E-state index contributed by atoms with van der Waals surface area (Å²) in [6, 6.07) is 2.70. The van der Waals surface area contributed by atoms with Crippen molar-refractivity contribution in [1.29, 1.82) is 0 Å².